The summed E-state index contributed by atoms with van der Waals surface area (Å²) in [7, 11) is 1.75. The van der Waals surface area contributed by atoms with Crippen LogP contribution in [0.25, 0.3) is 0 Å². The Kier molecular flexibility index (Phi) is 3.17. The standard InChI is InChI=1S/C12H17NO/c1-14-13-9-7-12(8-10-13)11-5-3-2-4-6-11/h2-6,12H,7-10H2,1H3. The summed E-state index contributed by atoms with van der Waals surface area (Å²) < 4.78 is 0. The molecule has 1 aromatic rings. The van der Waals surface area contributed by atoms with E-state index in [1.54, 1.807) is 7.11 Å². The summed E-state index contributed by atoms with van der Waals surface area (Å²) in [5.74, 6) is 0.725. The van der Waals surface area contributed by atoms with Crippen LogP contribution in [0.15, 0.2) is 30.3 Å². The van der Waals surface area contributed by atoms with E-state index in [1.165, 1.54) is 18.4 Å². The van der Waals surface area contributed by atoms with Gasteiger partial charge < -0.3 is 4.84 Å². The molecule has 2 heteroatoms. The minimum absolute atomic E-state index is 0.725. The molecule has 0 N–H and O–H groups in total. The first kappa shape index (κ1) is 9.69. The van der Waals surface area contributed by atoms with Gasteiger partial charge in [0.1, 0.15) is 0 Å². The van der Waals surface area contributed by atoms with Crippen molar-refractivity contribution in [3.05, 3.63) is 35.9 Å². The molecular weight excluding hydrogens is 174 g/mol. The number of hydrogen-bond acceptors (Lipinski definition) is 2. The largest absolute Gasteiger partial charge is 0.302 e. The van der Waals surface area contributed by atoms with Crippen molar-refractivity contribution in [3.63, 3.8) is 0 Å². The Morgan fingerprint density at radius 1 is 1.14 bits per heavy atom. The van der Waals surface area contributed by atoms with Crippen LogP contribution in [0.3, 0.4) is 0 Å². The van der Waals surface area contributed by atoms with Crippen LogP contribution in [0.1, 0.15) is 24.3 Å². The zero-order valence-electron chi connectivity index (χ0n) is 8.65. The highest BCUT2D eigenvalue weighted by atomic mass is 16.7. The maximum Gasteiger partial charge on any atom is 0.0575 e. The smallest absolute Gasteiger partial charge is 0.0575 e. The van der Waals surface area contributed by atoms with Crippen LogP contribution in [0.2, 0.25) is 0 Å². The van der Waals surface area contributed by atoms with Gasteiger partial charge in [0, 0.05) is 13.1 Å². The number of benzene rings is 1. The van der Waals surface area contributed by atoms with Crippen molar-refractivity contribution >= 4 is 0 Å². The van der Waals surface area contributed by atoms with Gasteiger partial charge in [-0.1, -0.05) is 30.3 Å². The third-order valence-electron chi connectivity index (χ3n) is 2.98. The van der Waals surface area contributed by atoms with Crippen molar-refractivity contribution in [1.82, 2.24) is 5.06 Å². The van der Waals surface area contributed by atoms with E-state index >= 15 is 0 Å². The number of piperidine rings is 1. The third kappa shape index (κ3) is 2.14. The number of hydroxylamine groups is 2. The topological polar surface area (TPSA) is 12.5 Å². The van der Waals surface area contributed by atoms with Crippen LogP contribution in [-0.2, 0) is 4.84 Å². The molecule has 0 amide bonds. The summed E-state index contributed by atoms with van der Waals surface area (Å²) in [5.41, 5.74) is 1.48. The van der Waals surface area contributed by atoms with Gasteiger partial charge in [-0.3, -0.25) is 0 Å². The van der Waals surface area contributed by atoms with Crippen molar-refractivity contribution in [2.24, 2.45) is 0 Å². The second-order valence-electron chi connectivity index (χ2n) is 3.80. The Morgan fingerprint density at radius 2 is 1.79 bits per heavy atom. The molecular formula is C12H17NO. The Balaban J connectivity index is 1.96. The molecule has 76 valence electrons. The van der Waals surface area contributed by atoms with Gasteiger partial charge in [-0.15, -0.1) is 0 Å². The van der Waals surface area contributed by atoms with Gasteiger partial charge in [0.2, 0.25) is 0 Å². The van der Waals surface area contributed by atoms with E-state index in [0.717, 1.165) is 19.0 Å². The highest BCUT2D eigenvalue weighted by Crippen LogP contribution is 2.27. The predicted molar refractivity (Wildman–Crippen MR) is 57.0 cm³/mol. The van der Waals surface area contributed by atoms with Gasteiger partial charge in [-0.05, 0) is 24.3 Å². The van der Waals surface area contributed by atoms with Gasteiger partial charge in [-0.25, -0.2) is 0 Å². The quantitative estimate of drug-likeness (QED) is 0.712. The third-order valence-corrected chi connectivity index (χ3v) is 2.98. The molecule has 0 aromatic heterocycles. The first-order valence-corrected chi connectivity index (χ1v) is 5.24. The SMILES string of the molecule is CON1CCC(c2ccccc2)CC1. The number of hydrogen-bond donors (Lipinski definition) is 0. The molecule has 1 aliphatic heterocycles. The van der Waals surface area contributed by atoms with Gasteiger partial charge in [0.25, 0.3) is 0 Å². The molecule has 2 nitrogen and oxygen atoms in total. The fourth-order valence-corrected chi connectivity index (χ4v) is 2.10. The van der Waals surface area contributed by atoms with E-state index in [9.17, 15) is 0 Å². The van der Waals surface area contributed by atoms with E-state index in [2.05, 4.69) is 30.3 Å². The zero-order chi connectivity index (χ0) is 9.80. The van der Waals surface area contributed by atoms with Crippen LogP contribution >= 0.6 is 0 Å². The van der Waals surface area contributed by atoms with Crippen molar-refractivity contribution in [3.8, 4) is 0 Å². The molecule has 0 bridgehead atoms. The van der Waals surface area contributed by atoms with Crippen LogP contribution in [-0.4, -0.2) is 25.3 Å². The summed E-state index contributed by atoms with van der Waals surface area (Å²) in [5, 5.41) is 2.04. The van der Waals surface area contributed by atoms with E-state index in [4.69, 9.17) is 4.84 Å². The molecule has 1 fully saturated rings. The lowest BCUT2D eigenvalue weighted by Crippen LogP contribution is -2.31. The lowest BCUT2D eigenvalue weighted by molar-refractivity contribution is -0.143. The minimum atomic E-state index is 0.725. The van der Waals surface area contributed by atoms with Gasteiger partial charge in [0.05, 0.1) is 7.11 Å². The van der Waals surface area contributed by atoms with Crippen LogP contribution in [0, 0.1) is 0 Å². The highest BCUT2D eigenvalue weighted by Gasteiger charge is 2.19. The summed E-state index contributed by atoms with van der Waals surface area (Å²) in [6.45, 7) is 2.10. The minimum Gasteiger partial charge on any atom is -0.302 e. The molecule has 14 heavy (non-hydrogen) atoms. The number of nitrogens with zero attached hydrogens (tertiary/aromatic N) is 1. The van der Waals surface area contributed by atoms with Crippen molar-refractivity contribution in [2.75, 3.05) is 20.2 Å². The Hall–Kier alpha value is -0.860. The van der Waals surface area contributed by atoms with E-state index in [-0.39, 0.29) is 0 Å². The normalized spacial score (nSPS) is 19.8. The summed E-state index contributed by atoms with van der Waals surface area (Å²) >= 11 is 0. The Morgan fingerprint density at radius 3 is 2.36 bits per heavy atom. The molecule has 0 unspecified atom stereocenters. The summed E-state index contributed by atoms with van der Waals surface area (Å²) in [6, 6.07) is 10.8. The lowest BCUT2D eigenvalue weighted by Gasteiger charge is -2.30. The maximum atomic E-state index is 5.21. The molecule has 1 heterocycles. The fraction of sp³-hybridized carbons (Fsp3) is 0.500. The summed E-state index contributed by atoms with van der Waals surface area (Å²) in [6.07, 6.45) is 2.41. The maximum absolute atomic E-state index is 5.21. The molecule has 0 spiro atoms. The van der Waals surface area contributed by atoms with Crippen LogP contribution in [0.4, 0.5) is 0 Å². The Labute approximate surface area is 85.4 Å². The molecule has 2 rings (SSSR count). The number of rotatable bonds is 2. The second kappa shape index (κ2) is 4.58. The average molecular weight is 191 g/mol. The zero-order valence-corrected chi connectivity index (χ0v) is 8.65. The lowest BCUT2D eigenvalue weighted by atomic mass is 9.90. The van der Waals surface area contributed by atoms with Crippen molar-refractivity contribution in [1.29, 1.82) is 0 Å². The predicted octanol–water partition coefficient (Wildman–Crippen LogP) is 2.43. The molecule has 0 radical (unpaired) electrons. The molecule has 0 saturated carbocycles. The highest BCUT2D eigenvalue weighted by molar-refractivity contribution is 5.19. The second-order valence-corrected chi connectivity index (χ2v) is 3.80. The van der Waals surface area contributed by atoms with Crippen LogP contribution < -0.4 is 0 Å². The van der Waals surface area contributed by atoms with Crippen LogP contribution in [0.5, 0.6) is 0 Å². The first-order valence-electron chi connectivity index (χ1n) is 5.24. The molecule has 1 saturated heterocycles. The Bertz CT molecular complexity index is 265. The fourth-order valence-electron chi connectivity index (χ4n) is 2.10. The average Bonchev–Trinajstić information content (AvgIpc) is 2.30. The molecule has 1 aromatic carbocycles. The molecule has 0 aliphatic carbocycles. The summed E-state index contributed by atoms with van der Waals surface area (Å²) in [4.78, 5) is 5.21. The van der Waals surface area contributed by atoms with E-state index in [1.807, 2.05) is 5.06 Å². The van der Waals surface area contributed by atoms with Crippen molar-refractivity contribution < 1.29 is 4.84 Å². The van der Waals surface area contributed by atoms with E-state index < -0.39 is 0 Å². The first-order chi connectivity index (χ1) is 6.90. The monoisotopic (exact) mass is 191 g/mol. The molecule has 0 atom stereocenters. The van der Waals surface area contributed by atoms with Gasteiger partial charge in [-0.2, -0.15) is 5.06 Å². The van der Waals surface area contributed by atoms with Crippen molar-refractivity contribution in [2.45, 2.75) is 18.8 Å². The van der Waals surface area contributed by atoms with Gasteiger partial charge >= 0.3 is 0 Å². The van der Waals surface area contributed by atoms with E-state index in [0.29, 0.717) is 0 Å². The molecule has 1 aliphatic rings. The van der Waals surface area contributed by atoms with Gasteiger partial charge in [0.15, 0.2) is 0 Å².